The molecule has 0 unspecified atom stereocenters. The van der Waals surface area contributed by atoms with E-state index in [0.717, 1.165) is 103 Å². The average molecular weight is 679 g/mol. The number of nitrogens with one attached hydrogen (secondary N) is 2. The Morgan fingerprint density at radius 3 is 1.35 bits per heavy atom. The standard InChI is InChI=1S/C48H42N2O2/c1-32(31-50-42-27-23-34-15-5-9-19-38(34)46(42)48-40-21-11-7-17-36(40)25-29-44(48)52)13-3-2-12-30-49-41-26-22-33-14-4-8-18-37(33)45(41)47-39-20-10-6-16-35(39)24-28-43(47)51/h4-11,13-29,49-52H,2-3,12,30-31H2,1H3/b32-13+. The molecule has 0 bridgehead atoms. The van der Waals surface area contributed by atoms with Gasteiger partial charge in [-0.25, -0.2) is 0 Å². The molecule has 0 aromatic heterocycles. The Kier molecular flexibility index (Phi) is 9.20. The third-order valence-corrected chi connectivity index (χ3v) is 10.2. The zero-order chi connectivity index (χ0) is 35.4. The molecule has 4 N–H and O–H groups in total. The highest BCUT2D eigenvalue weighted by molar-refractivity contribution is 6.13. The van der Waals surface area contributed by atoms with Gasteiger partial charge >= 0.3 is 0 Å². The molecule has 4 heteroatoms. The fourth-order valence-electron chi connectivity index (χ4n) is 7.57. The minimum Gasteiger partial charge on any atom is -0.507 e. The van der Waals surface area contributed by atoms with Gasteiger partial charge in [0.2, 0.25) is 0 Å². The maximum atomic E-state index is 11.2. The first-order chi connectivity index (χ1) is 25.6. The average Bonchev–Trinajstić information content (AvgIpc) is 3.18. The van der Waals surface area contributed by atoms with Crippen LogP contribution in [0.25, 0.3) is 65.3 Å². The first-order valence-electron chi connectivity index (χ1n) is 18.2. The second kappa shape index (κ2) is 14.5. The molecule has 0 aliphatic heterocycles. The summed E-state index contributed by atoms with van der Waals surface area (Å²) in [5.74, 6) is 0.570. The molecule has 0 radical (unpaired) electrons. The van der Waals surface area contributed by atoms with Gasteiger partial charge in [-0.3, -0.25) is 0 Å². The van der Waals surface area contributed by atoms with Gasteiger partial charge < -0.3 is 20.8 Å². The van der Waals surface area contributed by atoms with Crippen molar-refractivity contribution in [2.45, 2.75) is 26.2 Å². The minimum absolute atomic E-state index is 0.281. The van der Waals surface area contributed by atoms with Crippen LogP contribution in [0.2, 0.25) is 0 Å². The van der Waals surface area contributed by atoms with Crippen molar-refractivity contribution >= 4 is 54.5 Å². The number of hydrogen-bond donors (Lipinski definition) is 4. The molecule has 0 saturated carbocycles. The van der Waals surface area contributed by atoms with Gasteiger partial charge in [-0.15, -0.1) is 0 Å². The molecule has 0 amide bonds. The maximum Gasteiger partial charge on any atom is 0.124 e. The molecule has 0 heterocycles. The minimum atomic E-state index is 0.281. The Balaban J connectivity index is 0.963. The fraction of sp³-hybridized carbons (Fsp3) is 0.125. The third-order valence-electron chi connectivity index (χ3n) is 10.2. The van der Waals surface area contributed by atoms with Gasteiger partial charge in [-0.1, -0.05) is 133 Å². The highest BCUT2D eigenvalue weighted by Crippen LogP contribution is 2.45. The Bertz CT molecular complexity index is 2600. The van der Waals surface area contributed by atoms with Gasteiger partial charge in [-0.2, -0.15) is 0 Å². The van der Waals surface area contributed by atoms with E-state index >= 15 is 0 Å². The van der Waals surface area contributed by atoms with Crippen LogP contribution in [0.4, 0.5) is 11.4 Å². The Labute approximate surface area is 304 Å². The number of hydrogen-bond acceptors (Lipinski definition) is 4. The lowest BCUT2D eigenvalue weighted by Crippen LogP contribution is -2.05. The smallest absolute Gasteiger partial charge is 0.124 e. The van der Waals surface area contributed by atoms with E-state index in [-0.39, 0.29) is 11.5 Å². The normalized spacial score (nSPS) is 11.8. The second-order valence-electron chi connectivity index (χ2n) is 13.6. The van der Waals surface area contributed by atoms with Crippen molar-refractivity contribution in [3.63, 3.8) is 0 Å². The van der Waals surface area contributed by atoms with Crippen molar-refractivity contribution in [2.75, 3.05) is 23.7 Å². The zero-order valence-corrected chi connectivity index (χ0v) is 29.4. The largest absolute Gasteiger partial charge is 0.507 e. The monoisotopic (exact) mass is 678 g/mol. The van der Waals surface area contributed by atoms with E-state index in [4.69, 9.17) is 0 Å². The maximum absolute atomic E-state index is 11.2. The summed E-state index contributed by atoms with van der Waals surface area (Å²) < 4.78 is 0. The molecule has 4 nitrogen and oxygen atoms in total. The van der Waals surface area contributed by atoms with Crippen molar-refractivity contribution in [3.8, 4) is 33.8 Å². The number of aromatic hydroxyl groups is 2. The van der Waals surface area contributed by atoms with E-state index in [1.165, 1.54) is 5.57 Å². The highest BCUT2D eigenvalue weighted by atomic mass is 16.3. The molecule has 8 aromatic carbocycles. The summed E-state index contributed by atoms with van der Waals surface area (Å²) >= 11 is 0. The number of anilines is 2. The van der Waals surface area contributed by atoms with E-state index in [1.54, 1.807) is 12.1 Å². The SMILES string of the molecule is C/C(=C\CCCCNc1ccc2ccccc2c1-c1c(O)ccc2ccccc12)CNc1ccc2ccccc2c1-c1c(O)ccc2ccccc12. The van der Waals surface area contributed by atoms with Gasteiger partial charge in [0.1, 0.15) is 11.5 Å². The van der Waals surface area contributed by atoms with Crippen LogP contribution in [-0.2, 0) is 0 Å². The van der Waals surface area contributed by atoms with E-state index < -0.39 is 0 Å². The van der Waals surface area contributed by atoms with E-state index in [9.17, 15) is 10.2 Å². The predicted octanol–water partition coefficient (Wildman–Crippen LogP) is 12.7. The van der Waals surface area contributed by atoms with E-state index in [2.05, 4.69) is 121 Å². The molecular formula is C48H42N2O2. The fourth-order valence-corrected chi connectivity index (χ4v) is 7.57. The van der Waals surface area contributed by atoms with Crippen molar-refractivity contribution < 1.29 is 10.2 Å². The molecule has 0 aliphatic carbocycles. The van der Waals surface area contributed by atoms with Crippen molar-refractivity contribution in [3.05, 3.63) is 157 Å². The van der Waals surface area contributed by atoms with Crippen molar-refractivity contribution in [2.24, 2.45) is 0 Å². The van der Waals surface area contributed by atoms with Gasteiger partial charge in [0, 0.05) is 46.7 Å². The number of allylic oxidation sites excluding steroid dienone is 1. The summed E-state index contributed by atoms with van der Waals surface area (Å²) in [7, 11) is 0. The number of benzene rings is 8. The van der Waals surface area contributed by atoms with Gasteiger partial charge in [0.15, 0.2) is 0 Å². The predicted molar refractivity (Wildman–Crippen MR) is 222 cm³/mol. The van der Waals surface area contributed by atoms with E-state index in [1.807, 2.05) is 36.4 Å². The van der Waals surface area contributed by atoms with Crippen LogP contribution in [0.3, 0.4) is 0 Å². The number of unbranched alkanes of at least 4 members (excludes halogenated alkanes) is 2. The molecule has 52 heavy (non-hydrogen) atoms. The molecule has 0 saturated heterocycles. The molecule has 0 spiro atoms. The second-order valence-corrected chi connectivity index (χ2v) is 13.6. The third kappa shape index (κ3) is 6.40. The lowest BCUT2D eigenvalue weighted by Gasteiger charge is -2.18. The first kappa shape index (κ1) is 32.9. The molecule has 0 aliphatic rings. The number of fused-ring (bicyclic) bond motifs is 4. The Hall–Kier alpha value is -6.26. The summed E-state index contributed by atoms with van der Waals surface area (Å²) in [6.07, 6.45) is 5.38. The summed E-state index contributed by atoms with van der Waals surface area (Å²) in [6.45, 7) is 3.72. The van der Waals surface area contributed by atoms with Crippen LogP contribution in [-0.4, -0.2) is 23.3 Å². The van der Waals surface area contributed by atoms with Crippen LogP contribution in [0.1, 0.15) is 26.2 Å². The molecule has 256 valence electrons. The molecule has 8 aromatic rings. The highest BCUT2D eigenvalue weighted by Gasteiger charge is 2.18. The first-order valence-corrected chi connectivity index (χ1v) is 18.2. The zero-order valence-electron chi connectivity index (χ0n) is 29.4. The molecule has 8 rings (SSSR count). The molecular weight excluding hydrogens is 637 g/mol. The Morgan fingerprint density at radius 2 is 0.865 bits per heavy atom. The summed E-state index contributed by atoms with van der Waals surface area (Å²) in [5, 5.41) is 38.6. The lowest BCUT2D eigenvalue weighted by molar-refractivity contribution is 0.477. The van der Waals surface area contributed by atoms with Crippen LogP contribution < -0.4 is 10.6 Å². The Morgan fingerprint density at radius 1 is 0.462 bits per heavy atom. The lowest BCUT2D eigenvalue weighted by atomic mass is 9.91. The molecule has 0 fully saturated rings. The van der Waals surface area contributed by atoms with Gasteiger partial charge in [-0.05, 0) is 93.5 Å². The summed E-state index contributed by atoms with van der Waals surface area (Å²) in [4.78, 5) is 0. The van der Waals surface area contributed by atoms with Crippen LogP contribution in [0.15, 0.2) is 157 Å². The summed E-state index contributed by atoms with van der Waals surface area (Å²) in [5.41, 5.74) is 7.11. The van der Waals surface area contributed by atoms with Crippen LogP contribution in [0.5, 0.6) is 11.5 Å². The van der Waals surface area contributed by atoms with Gasteiger partial charge in [0.05, 0.1) is 0 Å². The topological polar surface area (TPSA) is 64.5 Å². The van der Waals surface area contributed by atoms with E-state index in [0.29, 0.717) is 6.54 Å². The number of phenols is 2. The number of phenolic OH excluding ortho intramolecular Hbond substituents is 2. The number of rotatable bonds is 11. The van der Waals surface area contributed by atoms with Crippen LogP contribution in [0, 0.1) is 0 Å². The van der Waals surface area contributed by atoms with Gasteiger partial charge in [0.25, 0.3) is 0 Å². The molecule has 0 atom stereocenters. The van der Waals surface area contributed by atoms with Crippen molar-refractivity contribution in [1.82, 2.24) is 0 Å². The quantitative estimate of drug-likeness (QED) is 0.0812. The van der Waals surface area contributed by atoms with Crippen LogP contribution >= 0.6 is 0 Å². The summed E-state index contributed by atoms with van der Waals surface area (Å²) in [6, 6.07) is 49.4. The van der Waals surface area contributed by atoms with Crippen molar-refractivity contribution in [1.29, 1.82) is 0 Å².